The van der Waals surface area contributed by atoms with Crippen molar-refractivity contribution in [1.82, 2.24) is 9.38 Å². The molecule has 0 fully saturated rings. The standard InChI is InChI=1S/C12H7Br2FN2OS/c13-6-9-11(16-12-17(9)3-4-19-12)18-10-5-7(15)1-2-8(10)14/h1-5H,6H2. The van der Waals surface area contributed by atoms with E-state index in [9.17, 15) is 4.39 Å². The molecule has 0 aliphatic heterocycles. The van der Waals surface area contributed by atoms with Gasteiger partial charge in [0.2, 0.25) is 5.88 Å². The van der Waals surface area contributed by atoms with E-state index in [1.165, 1.54) is 23.5 Å². The maximum Gasteiger partial charge on any atom is 0.243 e. The molecule has 19 heavy (non-hydrogen) atoms. The van der Waals surface area contributed by atoms with Crippen molar-refractivity contribution in [2.75, 3.05) is 0 Å². The molecule has 0 spiro atoms. The van der Waals surface area contributed by atoms with Gasteiger partial charge in [-0.05, 0) is 28.1 Å². The molecule has 1 aromatic carbocycles. The third-order valence-corrected chi connectivity index (χ3v) is 4.49. The van der Waals surface area contributed by atoms with Crippen LogP contribution in [0.25, 0.3) is 4.96 Å². The molecule has 0 N–H and O–H groups in total. The van der Waals surface area contributed by atoms with Gasteiger partial charge in [-0.3, -0.25) is 4.40 Å². The highest BCUT2D eigenvalue weighted by Crippen LogP contribution is 2.33. The summed E-state index contributed by atoms with van der Waals surface area (Å²) in [6.07, 6.45) is 1.93. The van der Waals surface area contributed by atoms with Gasteiger partial charge in [0, 0.05) is 23.0 Å². The molecule has 0 amide bonds. The average Bonchev–Trinajstić information content (AvgIpc) is 2.94. The van der Waals surface area contributed by atoms with Crippen molar-refractivity contribution in [3.63, 3.8) is 0 Å². The predicted octanol–water partition coefficient (Wildman–Crippen LogP) is 4.98. The third-order valence-electron chi connectivity index (χ3n) is 2.55. The lowest BCUT2D eigenvalue weighted by molar-refractivity contribution is 0.454. The van der Waals surface area contributed by atoms with Crippen LogP contribution >= 0.6 is 43.2 Å². The molecule has 2 aromatic heterocycles. The van der Waals surface area contributed by atoms with E-state index in [4.69, 9.17) is 4.74 Å². The van der Waals surface area contributed by atoms with Crippen molar-refractivity contribution in [1.29, 1.82) is 0 Å². The Morgan fingerprint density at radius 2 is 2.26 bits per heavy atom. The van der Waals surface area contributed by atoms with Crippen LogP contribution in [0.1, 0.15) is 5.69 Å². The van der Waals surface area contributed by atoms with E-state index in [-0.39, 0.29) is 5.82 Å². The van der Waals surface area contributed by atoms with Crippen molar-refractivity contribution < 1.29 is 9.13 Å². The molecule has 2 heterocycles. The molecule has 7 heteroatoms. The molecule has 0 radical (unpaired) electrons. The Bertz CT molecular complexity index is 740. The van der Waals surface area contributed by atoms with Crippen LogP contribution in [0.4, 0.5) is 4.39 Å². The zero-order valence-corrected chi connectivity index (χ0v) is 13.4. The van der Waals surface area contributed by atoms with Crippen LogP contribution < -0.4 is 4.74 Å². The topological polar surface area (TPSA) is 26.5 Å². The van der Waals surface area contributed by atoms with E-state index >= 15 is 0 Å². The SMILES string of the molecule is Fc1ccc(Br)c(Oc2nc3sccn3c2CBr)c1. The van der Waals surface area contributed by atoms with Crippen molar-refractivity contribution >= 4 is 48.2 Å². The lowest BCUT2D eigenvalue weighted by Gasteiger charge is -2.06. The molecule has 3 nitrogen and oxygen atoms in total. The Hall–Kier alpha value is -0.920. The first-order valence-corrected chi connectivity index (χ1v) is 8.11. The van der Waals surface area contributed by atoms with Gasteiger partial charge >= 0.3 is 0 Å². The van der Waals surface area contributed by atoms with Gasteiger partial charge in [-0.15, -0.1) is 11.3 Å². The number of hydrogen-bond acceptors (Lipinski definition) is 3. The minimum atomic E-state index is -0.348. The second kappa shape index (κ2) is 5.22. The molecule has 0 aliphatic rings. The number of alkyl halides is 1. The quantitative estimate of drug-likeness (QED) is 0.574. The zero-order chi connectivity index (χ0) is 13.4. The Kier molecular flexibility index (Phi) is 3.60. The molecule has 3 rings (SSSR count). The van der Waals surface area contributed by atoms with Crippen LogP contribution in [0.3, 0.4) is 0 Å². The summed E-state index contributed by atoms with van der Waals surface area (Å²) >= 11 is 8.27. The fourth-order valence-corrected chi connectivity index (χ4v) is 3.24. The Labute approximate surface area is 129 Å². The van der Waals surface area contributed by atoms with Crippen molar-refractivity contribution in [2.45, 2.75) is 5.33 Å². The van der Waals surface area contributed by atoms with Crippen LogP contribution in [-0.2, 0) is 5.33 Å². The summed E-state index contributed by atoms with van der Waals surface area (Å²) in [6, 6.07) is 4.31. The summed E-state index contributed by atoms with van der Waals surface area (Å²) in [6.45, 7) is 0. The van der Waals surface area contributed by atoms with Gasteiger partial charge in [0.05, 0.1) is 10.2 Å². The molecule has 98 valence electrons. The maximum atomic E-state index is 13.2. The second-order valence-electron chi connectivity index (χ2n) is 3.73. The van der Waals surface area contributed by atoms with Gasteiger partial charge in [0.15, 0.2) is 4.96 Å². The van der Waals surface area contributed by atoms with Gasteiger partial charge < -0.3 is 4.74 Å². The third kappa shape index (κ3) is 2.42. The summed E-state index contributed by atoms with van der Waals surface area (Å²) < 4.78 is 21.6. The number of fused-ring (bicyclic) bond motifs is 1. The normalized spacial score (nSPS) is 11.1. The molecular weight excluding hydrogens is 399 g/mol. The summed E-state index contributed by atoms with van der Waals surface area (Å²) in [5.41, 5.74) is 0.896. The van der Waals surface area contributed by atoms with Gasteiger partial charge in [0.1, 0.15) is 11.6 Å². The van der Waals surface area contributed by atoms with E-state index in [0.29, 0.717) is 21.4 Å². The number of imidazole rings is 1. The van der Waals surface area contributed by atoms with Crippen molar-refractivity contribution in [3.8, 4) is 11.6 Å². The Morgan fingerprint density at radius 3 is 3.05 bits per heavy atom. The number of ether oxygens (including phenoxy) is 1. The molecule has 0 saturated heterocycles. The monoisotopic (exact) mass is 404 g/mol. The number of nitrogens with zero attached hydrogens (tertiary/aromatic N) is 2. The zero-order valence-electron chi connectivity index (χ0n) is 9.44. The predicted molar refractivity (Wildman–Crippen MR) is 79.9 cm³/mol. The van der Waals surface area contributed by atoms with Crippen LogP contribution in [0.15, 0.2) is 34.2 Å². The minimum absolute atomic E-state index is 0.348. The molecule has 0 atom stereocenters. The van der Waals surface area contributed by atoms with Gasteiger partial charge in [-0.1, -0.05) is 15.9 Å². The summed E-state index contributed by atoms with van der Waals surface area (Å²) in [5, 5.41) is 2.56. The highest BCUT2D eigenvalue weighted by Gasteiger charge is 2.15. The van der Waals surface area contributed by atoms with Gasteiger partial charge in [-0.2, -0.15) is 4.98 Å². The Balaban J connectivity index is 2.05. The first kappa shape index (κ1) is 13.1. The lowest BCUT2D eigenvalue weighted by atomic mass is 10.3. The number of thiazole rings is 1. The van der Waals surface area contributed by atoms with E-state index < -0.39 is 0 Å². The van der Waals surface area contributed by atoms with E-state index in [1.807, 2.05) is 16.0 Å². The highest BCUT2D eigenvalue weighted by atomic mass is 79.9. The van der Waals surface area contributed by atoms with Crippen molar-refractivity contribution in [2.24, 2.45) is 0 Å². The van der Waals surface area contributed by atoms with Gasteiger partial charge in [-0.25, -0.2) is 4.39 Å². The van der Waals surface area contributed by atoms with Crippen LogP contribution in [0.5, 0.6) is 11.6 Å². The number of halogens is 3. The lowest BCUT2D eigenvalue weighted by Crippen LogP contribution is -1.92. The molecular formula is C12H7Br2FN2OS. The fraction of sp³-hybridized carbons (Fsp3) is 0.0833. The fourth-order valence-electron chi connectivity index (χ4n) is 1.68. The van der Waals surface area contributed by atoms with Crippen LogP contribution in [0, 0.1) is 5.82 Å². The molecule has 3 aromatic rings. The molecule has 0 bridgehead atoms. The first-order chi connectivity index (χ1) is 9.19. The Morgan fingerprint density at radius 1 is 1.42 bits per heavy atom. The number of benzene rings is 1. The molecule has 0 aliphatic carbocycles. The minimum Gasteiger partial charge on any atom is -0.436 e. The summed E-state index contributed by atoms with van der Waals surface area (Å²) in [7, 11) is 0. The first-order valence-electron chi connectivity index (χ1n) is 5.32. The van der Waals surface area contributed by atoms with E-state index in [1.54, 1.807) is 6.07 Å². The smallest absolute Gasteiger partial charge is 0.243 e. The van der Waals surface area contributed by atoms with E-state index in [2.05, 4.69) is 36.8 Å². The van der Waals surface area contributed by atoms with Crippen molar-refractivity contribution in [3.05, 3.63) is 45.8 Å². The summed E-state index contributed by atoms with van der Waals surface area (Å²) in [4.78, 5) is 5.24. The van der Waals surface area contributed by atoms with Crippen LogP contribution in [-0.4, -0.2) is 9.38 Å². The number of aromatic nitrogens is 2. The van der Waals surface area contributed by atoms with E-state index in [0.717, 1.165) is 10.7 Å². The van der Waals surface area contributed by atoms with Gasteiger partial charge in [0.25, 0.3) is 0 Å². The van der Waals surface area contributed by atoms with Crippen LogP contribution in [0.2, 0.25) is 0 Å². The summed E-state index contributed by atoms with van der Waals surface area (Å²) in [5.74, 6) is 0.544. The second-order valence-corrected chi connectivity index (χ2v) is 6.02. The molecule has 0 unspecified atom stereocenters. The average molecular weight is 406 g/mol. The highest BCUT2D eigenvalue weighted by molar-refractivity contribution is 9.10. The number of rotatable bonds is 3. The maximum absolute atomic E-state index is 13.2. The molecule has 0 saturated carbocycles. The number of hydrogen-bond donors (Lipinski definition) is 0. The largest absolute Gasteiger partial charge is 0.436 e.